The second-order valence-corrected chi connectivity index (χ2v) is 3.87. The van der Waals surface area contributed by atoms with Crippen LogP contribution in [0.5, 0.6) is 5.75 Å². The van der Waals surface area contributed by atoms with Crippen LogP contribution in [0.1, 0.15) is 12.5 Å². The molecule has 0 fully saturated rings. The van der Waals surface area contributed by atoms with Crippen molar-refractivity contribution in [3.8, 4) is 5.75 Å². The third-order valence-electron chi connectivity index (χ3n) is 1.92. The number of para-hydroxylation sites is 1. The minimum absolute atomic E-state index is 0.226. The Balaban J connectivity index is 3.34. The quantitative estimate of drug-likeness (QED) is 0.782. The second kappa shape index (κ2) is 4.09. The molecule has 0 spiro atoms. The molecule has 4 heteroatoms. The van der Waals surface area contributed by atoms with Crippen molar-refractivity contribution < 1.29 is 13.9 Å². The number of ether oxygens (including phenoxy) is 1. The number of aldehydes is 1. The van der Waals surface area contributed by atoms with Gasteiger partial charge in [0, 0.05) is 5.56 Å². The summed E-state index contributed by atoms with van der Waals surface area (Å²) in [6, 6.07) is 4.91. The SMILES string of the molecule is COc1c(Br)cccc1C(C)(F)C=O. The Hall–Kier alpha value is -0.900. The molecular formula is C10H10BrFO2. The molecule has 0 heterocycles. The van der Waals surface area contributed by atoms with Gasteiger partial charge in [-0.1, -0.05) is 12.1 Å². The highest BCUT2D eigenvalue weighted by Crippen LogP contribution is 2.36. The highest BCUT2D eigenvalue weighted by atomic mass is 79.9. The van der Waals surface area contributed by atoms with Crippen LogP contribution in [0.4, 0.5) is 4.39 Å². The molecule has 0 saturated carbocycles. The number of benzene rings is 1. The van der Waals surface area contributed by atoms with Gasteiger partial charge in [-0.15, -0.1) is 0 Å². The smallest absolute Gasteiger partial charge is 0.191 e. The fraction of sp³-hybridized carbons (Fsp3) is 0.300. The second-order valence-electron chi connectivity index (χ2n) is 3.01. The molecule has 76 valence electrons. The first-order valence-electron chi connectivity index (χ1n) is 4.01. The maximum atomic E-state index is 13.7. The van der Waals surface area contributed by atoms with Gasteiger partial charge in [-0.05, 0) is 28.9 Å². The molecule has 1 aromatic rings. The summed E-state index contributed by atoms with van der Waals surface area (Å²) in [5.74, 6) is 0.351. The van der Waals surface area contributed by atoms with Crippen LogP contribution >= 0.6 is 15.9 Å². The minimum Gasteiger partial charge on any atom is -0.495 e. The van der Waals surface area contributed by atoms with E-state index in [1.165, 1.54) is 20.1 Å². The maximum absolute atomic E-state index is 13.7. The van der Waals surface area contributed by atoms with E-state index in [0.29, 0.717) is 10.2 Å². The van der Waals surface area contributed by atoms with E-state index >= 15 is 0 Å². The zero-order valence-corrected chi connectivity index (χ0v) is 9.47. The molecule has 1 unspecified atom stereocenters. The van der Waals surface area contributed by atoms with Crippen LogP contribution < -0.4 is 4.74 Å². The summed E-state index contributed by atoms with van der Waals surface area (Å²) in [6.07, 6.45) is 0.261. The van der Waals surface area contributed by atoms with Crippen molar-refractivity contribution in [2.75, 3.05) is 7.11 Å². The molecular weight excluding hydrogens is 251 g/mol. The van der Waals surface area contributed by atoms with Gasteiger partial charge >= 0.3 is 0 Å². The average Bonchev–Trinajstić information content (AvgIpc) is 2.17. The van der Waals surface area contributed by atoms with E-state index in [4.69, 9.17) is 4.74 Å². The van der Waals surface area contributed by atoms with E-state index in [1.807, 2.05) is 0 Å². The number of halogens is 2. The zero-order valence-electron chi connectivity index (χ0n) is 7.88. The van der Waals surface area contributed by atoms with Gasteiger partial charge in [-0.3, -0.25) is 4.79 Å². The third kappa shape index (κ3) is 1.95. The molecule has 0 aliphatic heterocycles. The Morgan fingerprint density at radius 1 is 1.57 bits per heavy atom. The van der Waals surface area contributed by atoms with Gasteiger partial charge in [0.25, 0.3) is 0 Å². The van der Waals surface area contributed by atoms with Crippen LogP contribution in [0.15, 0.2) is 22.7 Å². The summed E-state index contributed by atoms with van der Waals surface area (Å²) in [5.41, 5.74) is -1.79. The van der Waals surface area contributed by atoms with Crippen LogP contribution in [-0.2, 0) is 10.5 Å². The molecule has 0 N–H and O–H groups in total. The van der Waals surface area contributed by atoms with E-state index in [1.54, 1.807) is 12.1 Å². The van der Waals surface area contributed by atoms with Crippen molar-refractivity contribution in [3.63, 3.8) is 0 Å². The van der Waals surface area contributed by atoms with Gasteiger partial charge in [0.15, 0.2) is 12.0 Å². The standard InChI is InChI=1S/C10H10BrFO2/c1-10(12,6-13)7-4-3-5-8(11)9(7)14-2/h3-6H,1-2H3. The summed E-state index contributed by atoms with van der Waals surface area (Å²) in [4.78, 5) is 10.6. The highest BCUT2D eigenvalue weighted by Gasteiger charge is 2.29. The topological polar surface area (TPSA) is 26.3 Å². The average molecular weight is 261 g/mol. The lowest BCUT2D eigenvalue weighted by atomic mass is 9.99. The molecule has 0 aliphatic carbocycles. The zero-order chi connectivity index (χ0) is 10.8. The molecule has 0 saturated heterocycles. The third-order valence-corrected chi connectivity index (χ3v) is 2.54. The van der Waals surface area contributed by atoms with Gasteiger partial charge in [-0.2, -0.15) is 0 Å². The number of methoxy groups -OCH3 is 1. The first-order chi connectivity index (χ1) is 6.53. The number of carbonyl (C=O) groups excluding carboxylic acids is 1. The number of hydrogen-bond acceptors (Lipinski definition) is 2. The van der Waals surface area contributed by atoms with Crippen molar-refractivity contribution in [2.24, 2.45) is 0 Å². The van der Waals surface area contributed by atoms with Crippen LogP contribution in [0.3, 0.4) is 0 Å². The Morgan fingerprint density at radius 3 is 2.71 bits per heavy atom. The molecule has 0 radical (unpaired) electrons. The number of hydrogen-bond donors (Lipinski definition) is 0. The van der Waals surface area contributed by atoms with Crippen molar-refractivity contribution >= 4 is 22.2 Å². The normalized spacial score (nSPS) is 14.6. The lowest BCUT2D eigenvalue weighted by Gasteiger charge is -2.17. The molecule has 1 aromatic carbocycles. The summed E-state index contributed by atoms with van der Waals surface area (Å²) < 4.78 is 19.4. The van der Waals surface area contributed by atoms with Crippen LogP contribution in [0.25, 0.3) is 0 Å². The predicted octanol–water partition coefficient (Wildman–Crippen LogP) is 2.84. The van der Waals surface area contributed by atoms with Crippen molar-refractivity contribution in [1.82, 2.24) is 0 Å². The van der Waals surface area contributed by atoms with Crippen molar-refractivity contribution in [3.05, 3.63) is 28.2 Å². The lowest BCUT2D eigenvalue weighted by molar-refractivity contribution is -0.117. The van der Waals surface area contributed by atoms with E-state index in [9.17, 15) is 9.18 Å². The number of alkyl halides is 1. The van der Waals surface area contributed by atoms with E-state index in [0.717, 1.165) is 0 Å². The molecule has 0 bridgehead atoms. The Kier molecular flexibility index (Phi) is 3.26. The van der Waals surface area contributed by atoms with Gasteiger partial charge in [0.2, 0.25) is 0 Å². The number of rotatable bonds is 3. The monoisotopic (exact) mass is 260 g/mol. The molecule has 0 aromatic heterocycles. The fourth-order valence-electron chi connectivity index (χ4n) is 1.16. The molecule has 0 amide bonds. The van der Waals surface area contributed by atoms with Crippen LogP contribution in [-0.4, -0.2) is 13.4 Å². The van der Waals surface area contributed by atoms with E-state index in [2.05, 4.69) is 15.9 Å². The first kappa shape index (κ1) is 11.2. The summed E-state index contributed by atoms with van der Waals surface area (Å²) in [7, 11) is 1.43. The Labute approximate surface area is 90.2 Å². The van der Waals surface area contributed by atoms with Gasteiger partial charge < -0.3 is 4.74 Å². The largest absolute Gasteiger partial charge is 0.495 e. The summed E-state index contributed by atoms with van der Waals surface area (Å²) >= 11 is 3.22. The molecule has 2 nitrogen and oxygen atoms in total. The predicted molar refractivity (Wildman–Crippen MR) is 55.2 cm³/mol. The molecule has 0 aliphatic rings. The number of carbonyl (C=O) groups is 1. The molecule has 1 rings (SSSR count). The fourth-order valence-corrected chi connectivity index (χ4v) is 1.69. The first-order valence-corrected chi connectivity index (χ1v) is 4.80. The van der Waals surface area contributed by atoms with Crippen LogP contribution in [0.2, 0.25) is 0 Å². The molecule has 1 atom stereocenters. The van der Waals surface area contributed by atoms with Crippen LogP contribution in [0, 0.1) is 0 Å². The lowest BCUT2D eigenvalue weighted by Crippen LogP contribution is -2.17. The van der Waals surface area contributed by atoms with Gasteiger partial charge in [0.1, 0.15) is 5.75 Å². The minimum atomic E-state index is -2.02. The molecule has 14 heavy (non-hydrogen) atoms. The van der Waals surface area contributed by atoms with Gasteiger partial charge in [0.05, 0.1) is 11.6 Å². The summed E-state index contributed by atoms with van der Waals surface area (Å²) in [6.45, 7) is 1.20. The van der Waals surface area contributed by atoms with Gasteiger partial charge in [-0.25, -0.2) is 4.39 Å². The van der Waals surface area contributed by atoms with Crippen molar-refractivity contribution in [2.45, 2.75) is 12.6 Å². The van der Waals surface area contributed by atoms with Crippen molar-refractivity contribution in [1.29, 1.82) is 0 Å². The van der Waals surface area contributed by atoms with E-state index in [-0.39, 0.29) is 11.8 Å². The Morgan fingerprint density at radius 2 is 2.21 bits per heavy atom. The van der Waals surface area contributed by atoms with E-state index < -0.39 is 5.67 Å². The maximum Gasteiger partial charge on any atom is 0.191 e. The highest BCUT2D eigenvalue weighted by molar-refractivity contribution is 9.10. The Bertz CT molecular complexity index is 350. The summed E-state index contributed by atoms with van der Waals surface area (Å²) in [5, 5.41) is 0.